The van der Waals surface area contributed by atoms with Crippen LogP contribution >= 0.6 is 0 Å². The average molecular weight is 395 g/mol. The predicted octanol–water partition coefficient (Wildman–Crippen LogP) is 3.15. The lowest BCUT2D eigenvalue weighted by Crippen LogP contribution is -2.55. The third-order valence-corrected chi connectivity index (χ3v) is 6.27. The van der Waals surface area contributed by atoms with Crippen molar-refractivity contribution in [3.8, 4) is 0 Å². The van der Waals surface area contributed by atoms with E-state index in [1.54, 1.807) is 12.1 Å². The highest BCUT2D eigenvalue weighted by Gasteiger charge is 2.28. The van der Waals surface area contributed by atoms with Crippen LogP contribution in [0.15, 0.2) is 47.1 Å². The number of halogens is 1. The lowest BCUT2D eigenvalue weighted by molar-refractivity contribution is 0.0889. The minimum absolute atomic E-state index is 0.174. The summed E-state index contributed by atoms with van der Waals surface area (Å²) in [5.74, 6) is -0.174. The van der Waals surface area contributed by atoms with Gasteiger partial charge in [-0.05, 0) is 65.6 Å². The first-order chi connectivity index (χ1) is 14.3. The molecule has 1 aromatic heterocycles. The minimum atomic E-state index is -0.174. The minimum Gasteiger partial charge on any atom is -0.369 e. The molecule has 1 unspecified atom stereocenters. The summed E-state index contributed by atoms with van der Waals surface area (Å²) in [6.45, 7) is 7.18. The molecule has 7 heteroatoms. The maximum atomic E-state index is 13.2. The largest absolute Gasteiger partial charge is 0.369 e. The molecule has 0 radical (unpaired) electrons. The average Bonchev–Trinajstić information content (AvgIpc) is 3.25. The summed E-state index contributed by atoms with van der Waals surface area (Å²) >= 11 is 0. The van der Waals surface area contributed by atoms with E-state index in [4.69, 9.17) is 4.63 Å². The lowest BCUT2D eigenvalue weighted by atomic mass is 10.0. The summed E-state index contributed by atoms with van der Waals surface area (Å²) in [6, 6.07) is 13.5. The maximum absolute atomic E-state index is 13.2. The molecule has 3 aromatic rings. The number of aromatic nitrogens is 2. The second-order valence-corrected chi connectivity index (χ2v) is 8.08. The van der Waals surface area contributed by atoms with Gasteiger partial charge in [0.05, 0.1) is 0 Å². The highest BCUT2D eigenvalue weighted by Crippen LogP contribution is 2.23. The van der Waals surface area contributed by atoms with Gasteiger partial charge in [0.1, 0.15) is 16.9 Å². The van der Waals surface area contributed by atoms with Gasteiger partial charge in [0.25, 0.3) is 0 Å². The Kier molecular flexibility index (Phi) is 5.16. The molecule has 0 spiro atoms. The summed E-state index contributed by atoms with van der Waals surface area (Å²) in [5.41, 5.74) is 4.01. The molecule has 2 saturated heterocycles. The zero-order valence-corrected chi connectivity index (χ0v) is 16.5. The number of likely N-dealkylation sites (tertiary alicyclic amines) is 1. The second-order valence-electron chi connectivity index (χ2n) is 8.08. The third kappa shape index (κ3) is 3.97. The predicted molar refractivity (Wildman–Crippen MR) is 110 cm³/mol. The van der Waals surface area contributed by atoms with Gasteiger partial charge in [-0.2, -0.15) is 0 Å². The van der Waals surface area contributed by atoms with Gasteiger partial charge >= 0.3 is 0 Å². The van der Waals surface area contributed by atoms with Gasteiger partial charge in [0, 0.05) is 51.0 Å². The third-order valence-electron chi connectivity index (χ3n) is 6.27. The van der Waals surface area contributed by atoms with Gasteiger partial charge in [0.2, 0.25) is 0 Å². The Morgan fingerprint density at radius 1 is 0.966 bits per heavy atom. The monoisotopic (exact) mass is 395 g/mol. The van der Waals surface area contributed by atoms with E-state index < -0.39 is 0 Å². The van der Waals surface area contributed by atoms with Crippen molar-refractivity contribution in [1.29, 1.82) is 0 Å². The number of hydrogen-bond acceptors (Lipinski definition) is 6. The molecule has 29 heavy (non-hydrogen) atoms. The SMILES string of the molecule is Fc1ccc(N2CCN(C3CCCN(Cc4cccc5nonc45)C3)CC2)cc1. The molecule has 2 aromatic carbocycles. The molecule has 0 aliphatic carbocycles. The van der Waals surface area contributed by atoms with Gasteiger partial charge in [-0.25, -0.2) is 9.02 Å². The molecule has 5 rings (SSSR count). The van der Waals surface area contributed by atoms with E-state index in [0.717, 1.165) is 62.5 Å². The number of piperazine rings is 1. The Labute approximate surface area is 169 Å². The first kappa shape index (κ1) is 18.5. The topological polar surface area (TPSA) is 48.6 Å². The Morgan fingerprint density at radius 3 is 2.62 bits per heavy atom. The standard InChI is InChI=1S/C22H26FN5O/c23-18-6-8-19(9-7-18)27-11-13-28(14-12-27)20-4-2-10-26(16-20)15-17-3-1-5-21-22(17)25-29-24-21/h1,3,5-9,20H,2,4,10-16H2. The molecule has 0 bridgehead atoms. The van der Waals surface area contributed by atoms with Gasteiger partial charge in [-0.15, -0.1) is 0 Å². The van der Waals surface area contributed by atoms with Gasteiger partial charge in [0.15, 0.2) is 0 Å². The molecule has 0 saturated carbocycles. The molecule has 3 heterocycles. The molecule has 6 nitrogen and oxygen atoms in total. The molecule has 152 valence electrons. The van der Waals surface area contributed by atoms with Crippen LogP contribution in [0.3, 0.4) is 0 Å². The fraction of sp³-hybridized carbons (Fsp3) is 0.455. The first-order valence-corrected chi connectivity index (χ1v) is 10.4. The Balaban J connectivity index is 1.19. The van der Waals surface area contributed by atoms with Crippen molar-refractivity contribution in [3.05, 3.63) is 53.8 Å². The number of anilines is 1. The number of hydrogen-bond donors (Lipinski definition) is 0. The summed E-state index contributed by atoms with van der Waals surface area (Å²) in [4.78, 5) is 7.52. The van der Waals surface area contributed by atoms with Crippen molar-refractivity contribution >= 4 is 16.7 Å². The second kappa shape index (κ2) is 8.08. The van der Waals surface area contributed by atoms with E-state index in [0.29, 0.717) is 6.04 Å². The highest BCUT2D eigenvalue weighted by atomic mass is 19.1. The van der Waals surface area contributed by atoms with E-state index in [2.05, 4.69) is 31.1 Å². The number of benzene rings is 2. The molecular weight excluding hydrogens is 369 g/mol. The molecule has 1 atom stereocenters. The number of piperidine rings is 1. The molecule has 0 N–H and O–H groups in total. The normalized spacial score (nSPS) is 21.7. The molecule has 0 amide bonds. The van der Waals surface area contributed by atoms with Crippen LogP contribution in [0.1, 0.15) is 18.4 Å². The van der Waals surface area contributed by atoms with E-state index >= 15 is 0 Å². The van der Waals surface area contributed by atoms with Crippen LogP contribution in [0, 0.1) is 5.82 Å². The van der Waals surface area contributed by atoms with E-state index in [-0.39, 0.29) is 5.82 Å². The molecule has 2 aliphatic heterocycles. The van der Waals surface area contributed by atoms with Crippen molar-refractivity contribution in [2.24, 2.45) is 0 Å². The number of fused-ring (bicyclic) bond motifs is 1. The zero-order chi connectivity index (χ0) is 19.6. The maximum Gasteiger partial charge on any atom is 0.139 e. The van der Waals surface area contributed by atoms with Crippen molar-refractivity contribution in [2.75, 3.05) is 44.2 Å². The molecule has 2 aliphatic rings. The fourth-order valence-electron chi connectivity index (χ4n) is 4.70. The summed E-state index contributed by atoms with van der Waals surface area (Å²) in [7, 11) is 0. The molecule has 2 fully saturated rings. The number of nitrogens with zero attached hydrogens (tertiary/aromatic N) is 5. The highest BCUT2D eigenvalue weighted by molar-refractivity contribution is 5.76. The smallest absolute Gasteiger partial charge is 0.139 e. The summed E-state index contributed by atoms with van der Waals surface area (Å²) in [5, 5.41) is 8.04. The van der Waals surface area contributed by atoms with Crippen LogP contribution < -0.4 is 4.90 Å². The molecular formula is C22H26FN5O. The van der Waals surface area contributed by atoms with Crippen LogP contribution in [0.2, 0.25) is 0 Å². The summed E-state index contributed by atoms with van der Waals surface area (Å²) in [6.07, 6.45) is 2.47. The van der Waals surface area contributed by atoms with Crippen molar-refractivity contribution < 1.29 is 9.02 Å². The van der Waals surface area contributed by atoms with Crippen molar-refractivity contribution in [2.45, 2.75) is 25.4 Å². The van der Waals surface area contributed by atoms with Gasteiger partial charge < -0.3 is 4.90 Å². The van der Waals surface area contributed by atoms with Crippen LogP contribution in [0.4, 0.5) is 10.1 Å². The summed E-state index contributed by atoms with van der Waals surface area (Å²) < 4.78 is 18.1. The van der Waals surface area contributed by atoms with Crippen LogP contribution in [0.5, 0.6) is 0 Å². The van der Waals surface area contributed by atoms with Gasteiger partial charge in [-0.1, -0.05) is 12.1 Å². The van der Waals surface area contributed by atoms with E-state index in [1.807, 2.05) is 24.3 Å². The Morgan fingerprint density at radius 2 is 1.79 bits per heavy atom. The van der Waals surface area contributed by atoms with Crippen LogP contribution in [0.25, 0.3) is 11.0 Å². The Hall–Kier alpha value is -2.51. The number of rotatable bonds is 4. The van der Waals surface area contributed by atoms with Crippen molar-refractivity contribution in [3.63, 3.8) is 0 Å². The van der Waals surface area contributed by atoms with E-state index in [9.17, 15) is 4.39 Å². The lowest BCUT2D eigenvalue weighted by Gasteiger charge is -2.44. The van der Waals surface area contributed by atoms with Crippen LogP contribution in [-0.2, 0) is 6.54 Å². The first-order valence-electron chi connectivity index (χ1n) is 10.4. The van der Waals surface area contributed by atoms with Gasteiger partial charge in [-0.3, -0.25) is 9.80 Å². The quantitative estimate of drug-likeness (QED) is 0.676. The van der Waals surface area contributed by atoms with Crippen LogP contribution in [-0.4, -0.2) is 65.4 Å². The zero-order valence-electron chi connectivity index (χ0n) is 16.5. The Bertz CT molecular complexity index is 951. The van der Waals surface area contributed by atoms with Crippen molar-refractivity contribution in [1.82, 2.24) is 20.1 Å². The van der Waals surface area contributed by atoms with E-state index in [1.165, 1.54) is 18.4 Å². The fourth-order valence-corrected chi connectivity index (χ4v) is 4.70.